The molecule has 0 bridgehead atoms. The monoisotopic (exact) mass is 206 g/mol. The largest absolute Gasteiger partial charge is 1.00 e. The third-order valence-electron chi connectivity index (χ3n) is 0. The van der Waals surface area contributed by atoms with Crippen LogP contribution < -0.4 is 104 Å². The van der Waals surface area contributed by atoms with Gasteiger partial charge in [0.15, 0.2) is 0 Å². The summed E-state index contributed by atoms with van der Waals surface area (Å²) in [6, 6.07) is 0. The average Bonchev–Trinajstić information content (AvgIpc) is 1.25. The molecule has 0 unspecified atom stereocenters. The van der Waals surface area contributed by atoms with E-state index in [0.29, 0.717) is 0 Å². The van der Waals surface area contributed by atoms with Gasteiger partial charge in [-0.25, -0.2) is 0 Å². The van der Waals surface area contributed by atoms with Crippen molar-refractivity contribution >= 4 is 16.5 Å². The topological polar surface area (TPSA) is 127 Å². The minimum atomic E-state index is -3.13. The predicted molar refractivity (Wildman–Crippen MR) is 16.6 cm³/mol. The molecule has 0 fully saturated rings. The summed E-state index contributed by atoms with van der Waals surface area (Å²) in [7, 11) is -6.05. The molecule has 0 aromatic rings. The van der Waals surface area contributed by atoms with E-state index in [2.05, 4.69) is 0 Å². The number of hydrogen-bond acceptors (Lipinski definition) is 4. The maximum absolute atomic E-state index is 8.74. The van der Waals surface area contributed by atoms with Gasteiger partial charge >= 0.3 is 97.8 Å². The fourth-order valence-corrected chi connectivity index (χ4v) is 0. The molecule has 0 aliphatic carbocycles. The Balaban J connectivity index is -0.0000000171. The Morgan fingerprint density at radius 1 is 1.00 bits per heavy atom. The smallest absolute Gasteiger partial charge is 0.907 e. The van der Waals surface area contributed by atoms with Crippen LogP contribution in [0.25, 0.3) is 0 Å². The van der Waals surface area contributed by atoms with E-state index >= 15 is 0 Å². The number of hydrogen-bond donors (Lipinski definition) is 2. The third-order valence-corrected chi connectivity index (χ3v) is 0. The van der Waals surface area contributed by atoms with Crippen molar-refractivity contribution in [3.63, 3.8) is 0 Å². The quantitative estimate of drug-likeness (QED) is 0.378. The first-order valence-electron chi connectivity index (χ1n) is 1.36. The molecule has 6 nitrogen and oxygen atoms in total. The third kappa shape index (κ3) is 214. The predicted octanol–water partition coefficient (Wildman–Crippen LogP) is -14.5. The van der Waals surface area contributed by atoms with Gasteiger partial charge < -0.3 is 24.7 Å². The summed E-state index contributed by atoms with van der Waals surface area (Å²) in [5.41, 5.74) is 0. The summed E-state index contributed by atoms with van der Waals surface area (Å²) in [6.07, 6.45) is 0. The summed E-state index contributed by atoms with van der Waals surface area (Å²) < 4.78 is 8.74. The second-order valence-electron chi connectivity index (χ2n) is 0.571. The van der Waals surface area contributed by atoms with Crippen LogP contribution >= 0.6 is 0 Å². The van der Waals surface area contributed by atoms with Gasteiger partial charge in [0, 0.05) is 0 Å². The first kappa shape index (κ1) is 29.2. The second kappa shape index (κ2) is 22.9. The van der Waals surface area contributed by atoms with Crippen LogP contribution in [0.15, 0.2) is 0 Å². The van der Waals surface area contributed by atoms with Crippen molar-refractivity contribution in [3.05, 3.63) is 0 Å². The first-order valence-corrected chi connectivity index (χ1v) is 2.66. The van der Waals surface area contributed by atoms with E-state index in [1.165, 1.54) is 0 Å². The maximum atomic E-state index is 8.74. The Bertz CT molecular complexity index is 62.1. The molecule has 2 N–H and O–H groups in total. The van der Waals surface area contributed by atoms with Crippen molar-refractivity contribution in [2.45, 2.75) is 0 Å². The van der Waals surface area contributed by atoms with Gasteiger partial charge in [-0.3, -0.25) is 11.8 Å². The molecule has 0 saturated heterocycles. The molecular formula is H2BNa3O6Si. The van der Waals surface area contributed by atoms with Crippen molar-refractivity contribution < 1.29 is 118 Å². The zero-order valence-corrected chi connectivity index (χ0v) is 13.6. The molecule has 0 amide bonds. The van der Waals surface area contributed by atoms with E-state index in [1.807, 2.05) is 0 Å². The summed E-state index contributed by atoms with van der Waals surface area (Å²) >= 11 is 0. The van der Waals surface area contributed by atoms with Crippen molar-refractivity contribution in [1.82, 2.24) is 0 Å². The SMILES string of the molecule is O=[Si](O)O.[Na+].[Na+].[Na+].[O-]B([O-])[O-]. The van der Waals surface area contributed by atoms with Crippen LogP contribution in [0.3, 0.4) is 0 Å². The first-order chi connectivity index (χ1) is 3.46. The van der Waals surface area contributed by atoms with Crippen molar-refractivity contribution in [3.8, 4) is 0 Å². The van der Waals surface area contributed by atoms with Gasteiger partial charge in [0.25, 0.3) is 0 Å². The van der Waals surface area contributed by atoms with Crippen molar-refractivity contribution in [2.75, 3.05) is 0 Å². The molecule has 0 aliphatic heterocycles. The summed E-state index contributed by atoms with van der Waals surface area (Å²) in [4.78, 5) is 14.3. The molecule has 0 radical (unpaired) electrons. The van der Waals surface area contributed by atoms with Gasteiger partial charge in [-0.2, -0.15) is 0 Å². The van der Waals surface area contributed by atoms with E-state index in [0.717, 1.165) is 0 Å². The van der Waals surface area contributed by atoms with Crippen LogP contribution in [0.2, 0.25) is 0 Å². The normalized spacial score (nSPS) is 4.64. The molecule has 0 spiro atoms. The van der Waals surface area contributed by atoms with Crippen LogP contribution in [0, 0.1) is 0 Å². The minimum absolute atomic E-state index is 0. The van der Waals surface area contributed by atoms with Crippen molar-refractivity contribution in [1.29, 1.82) is 0 Å². The van der Waals surface area contributed by atoms with Crippen molar-refractivity contribution in [2.24, 2.45) is 0 Å². The molecule has 11 heavy (non-hydrogen) atoms. The Morgan fingerprint density at radius 2 is 1.00 bits per heavy atom. The zero-order valence-electron chi connectivity index (χ0n) is 6.60. The van der Waals surface area contributed by atoms with Gasteiger partial charge in [0.2, 0.25) is 0 Å². The molecule has 0 aromatic carbocycles. The van der Waals surface area contributed by atoms with Gasteiger partial charge in [-0.15, -0.1) is 0 Å². The van der Waals surface area contributed by atoms with Gasteiger partial charge in [0.05, 0.1) is 0 Å². The number of rotatable bonds is 0. The molecule has 11 heteroatoms. The summed E-state index contributed by atoms with van der Waals surface area (Å²) in [5, 5.41) is 25.2. The van der Waals surface area contributed by atoms with Crippen LogP contribution in [0.1, 0.15) is 0 Å². The molecule has 0 atom stereocenters. The average molecular weight is 206 g/mol. The Kier molecular flexibility index (Phi) is 60.8. The fourth-order valence-electron chi connectivity index (χ4n) is 0. The Hall–Kier alpha value is 2.56. The van der Waals surface area contributed by atoms with Crippen LogP contribution in [-0.2, 0) is 4.46 Å². The van der Waals surface area contributed by atoms with Crippen LogP contribution in [-0.4, -0.2) is 26.1 Å². The van der Waals surface area contributed by atoms with E-state index in [1.54, 1.807) is 0 Å². The van der Waals surface area contributed by atoms with E-state index < -0.39 is 16.5 Å². The summed E-state index contributed by atoms with van der Waals surface area (Å²) in [6.45, 7) is 0. The van der Waals surface area contributed by atoms with Crippen LogP contribution in [0.4, 0.5) is 0 Å². The molecule has 0 saturated carbocycles. The van der Waals surface area contributed by atoms with E-state index in [9.17, 15) is 0 Å². The van der Waals surface area contributed by atoms with E-state index in [4.69, 9.17) is 29.1 Å². The Morgan fingerprint density at radius 3 is 1.00 bits per heavy atom. The van der Waals surface area contributed by atoms with Crippen LogP contribution in [0.5, 0.6) is 0 Å². The molecule has 0 aliphatic rings. The van der Waals surface area contributed by atoms with Gasteiger partial charge in [0.1, 0.15) is 0 Å². The molecule has 48 valence electrons. The molecular weight excluding hydrogens is 204 g/mol. The molecule has 0 heterocycles. The standard InChI is InChI=1S/BO3.3Na.H2O3Si/c2-1(3)4;;;;1-4(2)3/h;;;;1-2H/q-3;3*+1;. The van der Waals surface area contributed by atoms with Gasteiger partial charge in [-0.1, -0.05) is 0 Å². The second-order valence-corrected chi connectivity index (χ2v) is 1.14. The molecule has 0 rings (SSSR count). The molecule has 0 aromatic heterocycles. The van der Waals surface area contributed by atoms with E-state index in [-0.39, 0.29) is 88.7 Å². The fraction of sp³-hybridized carbons (Fsp3) is 0. The minimum Gasteiger partial charge on any atom is -0.907 e. The Labute approximate surface area is 132 Å². The zero-order chi connectivity index (χ0) is 7.15. The van der Waals surface area contributed by atoms with Gasteiger partial charge in [-0.05, 0) is 0 Å². The summed E-state index contributed by atoms with van der Waals surface area (Å²) in [5.74, 6) is 0. The maximum Gasteiger partial charge on any atom is 1.00 e.